The number of aromatic nitrogens is 1. The van der Waals surface area contributed by atoms with Crippen molar-refractivity contribution in [1.29, 1.82) is 0 Å². The van der Waals surface area contributed by atoms with E-state index >= 15 is 0 Å². The first kappa shape index (κ1) is 19.3. The number of nitrogens with one attached hydrogen (secondary N) is 2. The van der Waals surface area contributed by atoms with Gasteiger partial charge in [-0.3, -0.25) is 9.89 Å². The Bertz CT molecular complexity index is 587. The third kappa shape index (κ3) is 6.41. The Hall–Kier alpha value is -2.03. The lowest BCUT2D eigenvalue weighted by atomic mass is 10.3. The lowest BCUT2D eigenvalue weighted by Crippen LogP contribution is -2.45. The molecule has 0 saturated carbocycles. The minimum absolute atomic E-state index is 0.0466. The van der Waals surface area contributed by atoms with Gasteiger partial charge in [0.15, 0.2) is 5.96 Å². The van der Waals surface area contributed by atoms with E-state index in [4.69, 9.17) is 0 Å². The van der Waals surface area contributed by atoms with Crippen LogP contribution in [-0.2, 0) is 6.54 Å². The first-order chi connectivity index (χ1) is 11.8. The first-order valence-corrected chi connectivity index (χ1v) is 8.16. The standard InChI is InChI=1S/C16H25F3N6/c1-20-15(21-9-12-5-4-6-14(22-12)24(2)3)23-13-7-8-25(10-13)11-16(17,18)19/h4-6,13H,7-11H2,1-3H3,(H2,20,21,23). The van der Waals surface area contributed by atoms with E-state index in [1.807, 2.05) is 37.2 Å². The van der Waals surface area contributed by atoms with Crippen LogP contribution in [0.25, 0.3) is 0 Å². The van der Waals surface area contributed by atoms with Crippen LogP contribution in [-0.4, -0.2) is 68.8 Å². The van der Waals surface area contributed by atoms with Gasteiger partial charge in [-0.05, 0) is 18.6 Å². The number of pyridine rings is 1. The van der Waals surface area contributed by atoms with E-state index in [1.165, 1.54) is 4.90 Å². The van der Waals surface area contributed by atoms with E-state index in [2.05, 4.69) is 20.6 Å². The molecular formula is C16H25F3N6. The molecule has 1 saturated heterocycles. The summed E-state index contributed by atoms with van der Waals surface area (Å²) < 4.78 is 37.4. The van der Waals surface area contributed by atoms with Crippen LogP contribution in [0.15, 0.2) is 23.2 Å². The van der Waals surface area contributed by atoms with Gasteiger partial charge in [0.05, 0.1) is 18.8 Å². The summed E-state index contributed by atoms with van der Waals surface area (Å²) in [6.07, 6.45) is -3.50. The number of aliphatic imine (C=N–C) groups is 1. The summed E-state index contributed by atoms with van der Waals surface area (Å²) in [5, 5.41) is 6.34. The van der Waals surface area contributed by atoms with Crippen molar-refractivity contribution in [3.05, 3.63) is 23.9 Å². The average Bonchev–Trinajstić information content (AvgIpc) is 2.96. The second kappa shape index (κ2) is 8.37. The lowest BCUT2D eigenvalue weighted by Gasteiger charge is -2.20. The van der Waals surface area contributed by atoms with Crippen LogP contribution >= 0.6 is 0 Å². The smallest absolute Gasteiger partial charge is 0.363 e. The molecule has 2 N–H and O–H groups in total. The molecular weight excluding hydrogens is 333 g/mol. The van der Waals surface area contributed by atoms with Crippen molar-refractivity contribution in [2.24, 2.45) is 4.99 Å². The van der Waals surface area contributed by atoms with Crippen LogP contribution in [0.4, 0.5) is 19.0 Å². The molecule has 0 radical (unpaired) electrons. The summed E-state index contributed by atoms with van der Waals surface area (Å²) in [5.74, 6) is 1.43. The highest BCUT2D eigenvalue weighted by Crippen LogP contribution is 2.19. The summed E-state index contributed by atoms with van der Waals surface area (Å²) in [7, 11) is 5.49. The molecule has 9 heteroatoms. The van der Waals surface area contributed by atoms with Crippen LogP contribution < -0.4 is 15.5 Å². The highest BCUT2D eigenvalue weighted by atomic mass is 19.4. The summed E-state index contributed by atoms with van der Waals surface area (Å²) in [6, 6.07) is 5.72. The van der Waals surface area contributed by atoms with Gasteiger partial charge in [-0.2, -0.15) is 13.2 Å². The molecule has 6 nitrogen and oxygen atoms in total. The topological polar surface area (TPSA) is 55.8 Å². The predicted molar refractivity (Wildman–Crippen MR) is 92.8 cm³/mol. The zero-order valence-corrected chi connectivity index (χ0v) is 14.8. The fourth-order valence-electron chi connectivity index (χ4n) is 2.72. The maximum Gasteiger partial charge on any atom is 0.401 e. The van der Waals surface area contributed by atoms with Crippen molar-refractivity contribution < 1.29 is 13.2 Å². The molecule has 25 heavy (non-hydrogen) atoms. The van der Waals surface area contributed by atoms with Crippen LogP contribution in [0.5, 0.6) is 0 Å². The normalized spacial score (nSPS) is 19.1. The number of hydrogen-bond donors (Lipinski definition) is 2. The number of halogens is 3. The Morgan fingerprint density at radius 3 is 2.80 bits per heavy atom. The third-order valence-electron chi connectivity index (χ3n) is 3.93. The van der Waals surface area contributed by atoms with Crippen molar-refractivity contribution in [2.45, 2.75) is 25.2 Å². The number of rotatable bonds is 5. The van der Waals surface area contributed by atoms with Crippen LogP contribution in [0.1, 0.15) is 12.1 Å². The van der Waals surface area contributed by atoms with E-state index < -0.39 is 12.7 Å². The molecule has 1 unspecified atom stereocenters. The second-order valence-electron chi connectivity index (χ2n) is 6.29. The molecule has 1 aromatic rings. The zero-order valence-electron chi connectivity index (χ0n) is 14.8. The second-order valence-corrected chi connectivity index (χ2v) is 6.29. The van der Waals surface area contributed by atoms with Crippen molar-refractivity contribution >= 4 is 11.8 Å². The number of guanidine groups is 1. The molecule has 1 aliphatic rings. The highest BCUT2D eigenvalue weighted by Gasteiger charge is 2.34. The lowest BCUT2D eigenvalue weighted by molar-refractivity contribution is -0.143. The van der Waals surface area contributed by atoms with Crippen molar-refractivity contribution in [2.75, 3.05) is 45.7 Å². The number of likely N-dealkylation sites (tertiary alicyclic amines) is 1. The maximum absolute atomic E-state index is 12.5. The molecule has 1 atom stereocenters. The van der Waals surface area contributed by atoms with Crippen molar-refractivity contribution in [3.63, 3.8) is 0 Å². The Balaban J connectivity index is 1.83. The molecule has 2 heterocycles. The SMILES string of the molecule is CN=C(NCc1cccc(N(C)C)n1)NC1CCN(CC(F)(F)F)C1. The third-order valence-corrected chi connectivity index (χ3v) is 3.93. The monoisotopic (exact) mass is 358 g/mol. The predicted octanol–water partition coefficient (Wildman–Crippen LogP) is 1.45. The van der Waals surface area contributed by atoms with Gasteiger partial charge in [0.1, 0.15) is 5.82 Å². The van der Waals surface area contributed by atoms with Gasteiger partial charge in [-0.1, -0.05) is 6.07 Å². The first-order valence-electron chi connectivity index (χ1n) is 8.16. The molecule has 140 valence electrons. The Labute approximate surface area is 146 Å². The molecule has 1 fully saturated rings. The fraction of sp³-hybridized carbons (Fsp3) is 0.625. The molecule has 0 spiro atoms. The van der Waals surface area contributed by atoms with Crippen molar-refractivity contribution in [3.8, 4) is 0 Å². The molecule has 2 rings (SSSR count). The van der Waals surface area contributed by atoms with Gasteiger partial charge in [-0.15, -0.1) is 0 Å². The summed E-state index contributed by atoms with van der Waals surface area (Å²) in [6.45, 7) is 0.411. The molecule has 1 aliphatic heterocycles. The highest BCUT2D eigenvalue weighted by molar-refractivity contribution is 5.80. The van der Waals surface area contributed by atoms with Gasteiger partial charge in [0, 0.05) is 40.3 Å². The molecule has 0 aromatic carbocycles. The van der Waals surface area contributed by atoms with Gasteiger partial charge in [0.25, 0.3) is 0 Å². The van der Waals surface area contributed by atoms with Crippen LogP contribution in [0.2, 0.25) is 0 Å². The van der Waals surface area contributed by atoms with Gasteiger partial charge >= 0.3 is 6.18 Å². The summed E-state index contributed by atoms with van der Waals surface area (Å²) in [4.78, 5) is 12.0. The van der Waals surface area contributed by atoms with E-state index in [-0.39, 0.29) is 6.04 Å². The molecule has 1 aromatic heterocycles. The number of nitrogens with zero attached hydrogens (tertiary/aromatic N) is 4. The van der Waals surface area contributed by atoms with Gasteiger partial charge in [-0.25, -0.2) is 4.98 Å². The number of alkyl halides is 3. The minimum atomic E-state index is -4.15. The summed E-state index contributed by atoms with van der Waals surface area (Å²) in [5.41, 5.74) is 0.860. The van der Waals surface area contributed by atoms with Gasteiger partial charge < -0.3 is 15.5 Å². The zero-order chi connectivity index (χ0) is 18.4. The average molecular weight is 358 g/mol. The van der Waals surface area contributed by atoms with Gasteiger partial charge in [0.2, 0.25) is 0 Å². The fourth-order valence-corrected chi connectivity index (χ4v) is 2.72. The van der Waals surface area contributed by atoms with Crippen LogP contribution in [0.3, 0.4) is 0 Å². The number of hydrogen-bond acceptors (Lipinski definition) is 4. The van der Waals surface area contributed by atoms with E-state index in [0.29, 0.717) is 32.0 Å². The largest absolute Gasteiger partial charge is 0.401 e. The molecule has 0 amide bonds. The molecule has 0 aliphatic carbocycles. The Morgan fingerprint density at radius 2 is 2.16 bits per heavy atom. The molecule has 0 bridgehead atoms. The van der Waals surface area contributed by atoms with E-state index in [9.17, 15) is 13.2 Å². The van der Waals surface area contributed by atoms with E-state index in [1.54, 1.807) is 7.05 Å². The Morgan fingerprint density at radius 1 is 1.40 bits per heavy atom. The Kier molecular flexibility index (Phi) is 6.46. The van der Waals surface area contributed by atoms with E-state index in [0.717, 1.165) is 11.5 Å². The van der Waals surface area contributed by atoms with Crippen LogP contribution in [0, 0.1) is 0 Å². The minimum Gasteiger partial charge on any atom is -0.363 e. The number of anilines is 1. The van der Waals surface area contributed by atoms with Crippen molar-refractivity contribution in [1.82, 2.24) is 20.5 Å². The summed E-state index contributed by atoms with van der Waals surface area (Å²) >= 11 is 0. The maximum atomic E-state index is 12.5. The quantitative estimate of drug-likeness (QED) is 0.616.